The van der Waals surface area contributed by atoms with E-state index in [1.165, 1.54) is 23.5 Å². The maximum absolute atomic E-state index is 10.7. The number of hydrogen-bond acceptors (Lipinski definition) is 7. The van der Waals surface area contributed by atoms with E-state index in [2.05, 4.69) is 15.5 Å². The van der Waals surface area contributed by atoms with Crippen LogP contribution in [0, 0.1) is 10.1 Å². The van der Waals surface area contributed by atoms with Crippen LogP contribution in [0.25, 0.3) is 21.5 Å². The Morgan fingerprint density at radius 2 is 1.92 bits per heavy atom. The molecule has 1 N–H and O–H groups in total. The number of rotatable bonds is 5. The smallest absolute Gasteiger partial charge is 0.269 e. The van der Waals surface area contributed by atoms with Gasteiger partial charge in [0, 0.05) is 17.7 Å². The quantitative estimate of drug-likeness (QED) is 0.308. The number of hydrogen-bond donors (Lipinski definition) is 1. The summed E-state index contributed by atoms with van der Waals surface area (Å²) in [5.74, 6) is 1.17. The van der Waals surface area contributed by atoms with Crippen LogP contribution >= 0.6 is 11.3 Å². The standard InChI is InChI=1S/C18H12N4O3S/c23-22(24)13-7-5-12(6-8-13)16-10-9-14(25-16)11-19-21-18-20-15-3-1-2-4-17(15)26-18/h1-11H,(H,20,21)/b19-11-. The lowest BCUT2D eigenvalue weighted by Gasteiger charge is -1.96. The molecule has 0 radical (unpaired) electrons. The van der Waals surface area contributed by atoms with E-state index in [1.807, 2.05) is 24.3 Å². The maximum Gasteiger partial charge on any atom is 0.269 e. The van der Waals surface area contributed by atoms with E-state index in [-0.39, 0.29) is 5.69 Å². The number of nitro benzene ring substituents is 1. The van der Waals surface area contributed by atoms with Gasteiger partial charge in [-0.2, -0.15) is 5.10 Å². The summed E-state index contributed by atoms with van der Waals surface area (Å²) in [5.41, 5.74) is 4.62. The first-order chi connectivity index (χ1) is 12.7. The number of thiazole rings is 1. The van der Waals surface area contributed by atoms with Crippen molar-refractivity contribution < 1.29 is 9.34 Å². The number of nitro groups is 1. The summed E-state index contributed by atoms with van der Waals surface area (Å²) in [7, 11) is 0. The summed E-state index contributed by atoms with van der Waals surface area (Å²) in [6.45, 7) is 0. The monoisotopic (exact) mass is 364 g/mol. The Morgan fingerprint density at radius 1 is 1.12 bits per heavy atom. The molecule has 2 aromatic heterocycles. The topological polar surface area (TPSA) is 93.6 Å². The van der Waals surface area contributed by atoms with Crippen LogP contribution in [-0.2, 0) is 0 Å². The largest absolute Gasteiger partial charge is 0.455 e. The fourth-order valence-electron chi connectivity index (χ4n) is 2.40. The molecule has 8 heteroatoms. The van der Waals surface area contributed by atoms with E-state index in [0.29, 0.717) is 16.7 Å². The fraction of sp³-hybridized carbons (Fsp3) is 0. The van der Waals surface area contributed by atoms with E-state index in [9.17, 15) is 10.1 Å². The van der Waals surface area contributed by atoms with Crippen molar-refractivity contribution in [3.05, 3.63) is 76.5 Å². The van der Waals surface area contributed by atoms with Crippen molar-refractivity contribution in [1.29, 1.82) is 0 Å². The Kier molecular flexibility index (Phi) is 4.16. The molecule has 0 saturated heterocycles. The number of furan rings is 1. The summed E-state index contributed by atoms with van der Waals surface area (Å²) in [6.07, 6.45) is 1.56. The zero-order valence-corrected chi connectivity index (χ0v) is 14.1. The van der Waals surface area contributed by atoms with Gasteiger partial charge in [-0.15, -0.1) is 0 Å². The van der Waals surface area contributed by atoms with Gasteiger partial charge in [-0.25, -0.2) is 4.98 Å². The first-order valence-corrected chi connectivity index (χ1v) is 8.50. The zero-order valence-electron chi connectivity index (χ0n) is 13.3. The highest BCUT2D eigenvalue weighted by atomic mass is 32.1. The average Bonchev–Trinajstić information content (AvgIpc) is 3.28. The van der Waals surface area contributed by atoms with E-state index < -0.39 is 4.92 Å². The number of benzene rings is 2. The van der Waals surface area contributed by atoms with Crippen molar-refractivity contribution >= 4 is 38.6 Å². The van der Waals surface area contributed by atoms with Gasteiger partial charge in [0.25, 0.3) is 5.69 Å². The second-order valence-electron chi connectivity index (χ2n) is 5.36. The van der Waals surface area contributed by atoms with Crippen LogP contribution in [0.15, 0.2) is 70.2 Å². The van der Waals surface area contributed by atoms with Crippen LogP contribution in [0.1, 0.15) is 5.76 Å². The number of aromatic nitrogens is 1. The SMILES string of the molecule is O=[N+]([O-])c1ccc(-c2ccc(/C=N\Nc3nc4ccccc4s3)o2)cc1. The van der Waals surface area contributed by atoms with E-state index >= 15 is 0 Å². The molecule has 4 aromatic rings. The van der Waals surface area contributed by atoms with E-state index in [0.717, 1.165) is 15.8 Å². The van der Waals surface area contributed by atoms with Gasteiger partial charge in [0.05, 0.1) is 21.4 Å². The van der Waals surface area contributed by atoms with Crippen LogP contribution in [-0.4, -0.2) is 16.1 Å². The highest BCUT2D eigenvalue weighted by Gasteiger charge is 2.08. The van der Waals surface area contributed by atoms with Crippen molar-refractivity contribution in [3.63, 3.8) is 0 Å². The van der Waals surface area contributed by atoms with Crippen molar-refractivity contribution in [2.75, 3.05) is 5.43 Å². The highest BCUT2D eigenvalue weighted by molar-refractivity contribution is 7.22. The fourth-order valence-corrected chi connectivity index (χ4v) is 3.21. The number of para-hydroxylation sites is 1. The predicted molar refractivity (Wildman–Crippen MR) is 102 cm³/mol. The lowest BCUT2D eigenvalue weighted by molar-refractivity contribution is -0.384. The molecule has 128 valence electrons. The average molecular weight is 364 g/mol. The number of non-ortho nitro benzene ring substituents is 1. The van der Waals surface area contributed by atoms with Gasteiger partial charge in [-0.05, 0) is 36.4 Å². The second-order valence-corrected chi connectivity index (χ2v) is 6.39. The molecule has 0 amide bonds. The summed E-state index contributed by atoms with van der Waals surface area (Å²) >= 11 is 1.52. The molecule has 0 bridgehead atoms. The lowest BCUT2D eigenvalue weighted by atomic mass is 10.1. The molecule has 0 aliphatic rings. The molecular weight excluding hydrogens is 352 g/mol. The number of nitrogens with one attached hydrogen (secondary N) is 1. The maximum atomic E-state index is 10.7. The summed E-state index contributed by atoms with van der Waals surface area (Å²) < 4.78 is 6.78. The molecule has 0 aliphatic carbocycles. The summed E-state index contributed by atoms with van der Waals surface area (Å²) in [6, 6.07) is 17.6. The minimum absolute atomic E-state index is 0.0436. The van der Waals surface area contributed by atoms with Crippen LogP contribution in [0.2, 0.25) is 0 Å². The molecule has 0 unspecified atom stereocenters. The minimum Gasteiger partial charge on any atom is -0.455 e. The van der Waals surface area contributed by atoms with E-state index in [4.69, 9.17) is 4.42 Å². The van der Waals surface area contributed by atoms with Crippen LogP contribution < -0.4 is 5.43 Å². The van der Waals surface area contributed by atoms with Crippen molar-refractivity contribution in [1.82, 2.24) is 4.98 Å². The molecule has 2 heterocycles. The molecule has 0 fully saturated rings. The first kappa shape index (κ1) is 16.0. The second kappa shape index (κ2) is 6.77. The third-order valence-electron chi connectivity index (χ3n) is 3.64. The van der Waals surface area contributed by atoms with Gasteiger partial charge in [0.2, 0.25) is 5.13 Å². The van der Waals surface area contributed by atoms with Gasteiger partial charge in [-0.1, -0.05) is 23.5 Å². The van der Waals surface area contributed by atoms with Gasteiger partial charge in [-0.3, -0.25) is 15.5 Å². The Balaban J connectivity index is 1.45. The molecule has 0 aliphatic heterocycles. The highest BCUT2D eigenvalue weighted by Crippen LogP contribution is 2.26. The zero-order chi connectivity index (χ0) is 17.9. The molecule has 0 spiro atoms. The molecule has 2 aromatic carbocycles. The Bertz CT molecular complexity index is 1070. The molecule has 0 atom stereocenters. The van der Waals surface area contributed by atoms with Gasteiger partial charge in [0.15, 0.2) is 0 Å². The molecular formula is C18H12N4O3S. The predicted octanol–water partition coefficient (Wildman–Crippen LogP) is 4.91. The van der Waals surface area contributed by atoms with Gasteiger partial charge < -0.3 is 4.42 Å². The lowest BCUT2D eigenvalue weighted by Crippen LogP contribution is -1.88. The minimum atomic E-state index is -0.433. The van der Waals surface area contributed by atoms with Crippen LogP contribution in [0.4, 0.5) is 10.8 Å². The van der Waals surface area contributed by atoms with Gasteiger partial charge >= 0.3 is 0 Å². The summed E-state index contributed by atoms with van der Waals surface area (Å²) in [4.78, 5) is 14.7. The van der Waals surface area contributed by atoms with Crippen molar-refractivity contribution in [2.24, 2.45) is 5.10 Å². The van der Waals surface area contributed by atoms with Gasteiger partial charge in [0.1, 0.15) is 11.5 Å². The van der Waals surface area contributed by atoms with Crippen molar-refractivity contribution in [2.45, 2.75) is 0 Å². The first-order valence-electron chi connectivity index (χ1n) is 7.68. The molecule has 7 nitrogen and oxygen atoms in total. The number of fused-ring (bicyclic) bond motifs is 1. The third-order valence-corrected chi connectivity index (χ3v) is 4.58. The Morgan fingerprint density at radius 3 is 2.69 bits per heavy atom. The van der Waals surface area contributed by atoms with Crippen molar-refractivity contribution in [3.8, 4) is 11.3 Å². The molecule has 26 heavy (non-hydrogen) atoms. The number of hydrazone groups is 1. The number of nitrogens with zero attached hydrogens (tertiary/aromatic N) is 3. The van der Waals surface area contributed by atoms with Crippen LogP contribution in [0.5, 0.6) is 0 Å². The molecule has 0 saturated carbocycles. The van der Waals surface area contributed by atoms with Crippen LogP contribution in [0.3, 0.4) is 0 Å². The molecule has 4 rings (SSSR count). The van der Waals surface area contributed by atoms with E-state index in [1.54, 1.807) is 30.5 Å². The number of anilines is 1. The Hall–Kier alpha value is -3.52. The summed E-state index contributed by atoms with van der Waals surface area (Å²) in [5, 5.41) is 15.5. The Labute approximate surface area is 151 Å². The third kappa shape index (κ3) is 3.31. The normalized spacial score (nSPS) is 11.2.